The van der Waals surface area contributed by atoms with Crippen LogP contribution in [0.1, 0.15) is 186 Å². The third kappa shape index (κ3) is 18.3. The minimum Gasteiger partial charge on any atom is -0.480 e. The summed E-state index contributed by atoms with van der Waals surface area (Å²) >= 11 is 0. The van der Waals surface area contributed by atoms with Crippen molar-refractivity contribution in [1.29, 1.82) is 0 Å². The Bertz CT molecular complexity index is 4420. The number of carbonyl (C=O) groups excluding carboxylic acids is 7. The van der Waals surface area contributed by atoms with Crippen LogP contribution < -0.4 is 35.3 Å². The molecule has 10 aliphatic rings. The molecule has 4 aliphatic heterocycles. The van der Waals surface area contributed by atoms with Crippen LogP contribution in [-0.2, 0) is 71.1 Å². The number of aryl methyl sites for hydroxylation is 4. The van der Waals surface area contributed by atoms with Crippen molar-refractivity contribution < 1.29 is 79.2 Å². The fourth-order valence-corrected chi connectivity index (χ4v) is 17.9. The van der Waals surface area contributed by atoms with E-state index in [2.05, 4.69) is 28.5 Å². The third-order valence-corrected chi connectivity index (χ3v) is 26.1. The number of nitrogens with one attached hydrogen (secondary N) is 4. The van der Waals surface area contributed by atoms with Gasteiger partial charge in [0.05, 0.1) is 57.1 Å². The molecule has 6 heterocycles. The first-order valence-electron chi connectivity index (χ1n) is 37.8. The van der Waals surface area contributed by atoms with Crippen LogP contribution in [0.2, 0.25) is 0 Å². The number of rotatable bonds is 12. The standard InChI is InChI=1S/C39H51N5O8S.C29H38N4O6.C9H14N2O3S/c1-6-24-19-39(24,36(47)43-53(49,50)26-13-14-26)20-31(45)30-18-25-21-44(30)35(46)33(38(3,4)5)42-37(48)52-32-17-23(32)10-8-7-9-11-28-34(51-25)41-29-16-22(2)12-15-27(29)40-28;1-16-10-11-19-21(12-16)31-25-20(30-19)9-7-5-6-8-17-13-23(17)39-28(37)32-24(29(2,3)4)26(34)33-15-18(38-25)14-22(33)27(35)36;1-2-6-5-9(6,10)8(12)11-15(13,14)7-3-4-7/h6,12,15-16,23-26,30,32-33H,1,7-11,13-14,17-21H2,2-5H3,(H,42,48)(H,43,47);10-12,17-18,22-24H,5-9,13-15H2,1-4H3,(H,32,37)(H,35,36);2,6-7H,1,3-5,10H2,(H,11,12)/t23-,24-,25?,30+,32-,33-,39-;17-,18?,22+,23-,24?;6-,9-/m111/s1. The Balaban J connectivity index is 0.000000172. The maximum Gasteiger partial charge on any atom is 0.408 e. The first-order chi connectivity index (χ1) is 50.5. The first kappa shape index (κ1) is 78.2. The zero-order valence-corrected chi connectivity index (χ0v) is 64.1. The minimum absolute atomic E-state index is 0.0242. The number of hydrogen-bond donors (Lipinski definition) is 6. The molecule has 107 heavy (non-hydrogen) atoms. The van der Waals surface area contributed by atoms with Crippen molar-refractivity contribution in [2.24, 2.45) is 45.7 Å². The highest BCUT2D eigenvalue weighted by atomic mass is 32.2. The van der Waals surface area contributed by atoms with Crippen LogP contribution in [0.25, 0.3) is 22.1 Å². The molecule has 6 saturated carbocycles. The van der Waals surface area contributed by atoms with Gasteiger partial charge in [-0.2, -0.15) is 0 Å². The molecule has 30 heteroatoms. The molecule has 14 atom stereocenters. The van der Waals surface area contributed by atoms with Gasteiger partial charge in [-0.15, -0.1) is 13.2 Å². The number of fused-ring (bicyclic) bond motifs is 10. The van der Waals surface area contributed by atoms with Gasteiger partial charge in [0, 0.05) is 25.2 Å². The number of carboxylic acids is 1. The van der Waals surface area contributed by atoms with Crippen LogP contribution >= 0.6 is 0 Å². The molecule has 2 aromatic carbocycles. The van der Waals surface area contributed by atoms with Gasteiger partial charge in [-0.3, -0.25) is 33.4 Å². The number of nitrogens with zero attached hydrogens (tertiary/aromatic N) is 6. The van der Waals surface area contributed by atoms with Crippen molar-refractivity contribution in [2.45, 2.75) is 255 Å². The number of aromatic nitrogens is 4. The molecule has 2 aromatic heterocycles. The number of amides is 6. The normalized spacial score (nSPS) is 30.4. The van der Waals surface area contributed by atoms with Gasteiger partial charge >= 0.3 is 18.2 Å². The predicted molar refractivity (Wildman–Crippen MR) is 395 cm³/mol. The largest absolute Gasteiger partial charge is 0.480 e. The van der Waals surface area contributed by atoms with E-state index < -0.39 is 142 Å². The lowest BCUT2D eigenvalue weighted by Gasteiger charge is -2.35. The molecule has 580 valence electrons. The SMILES string of the molecule is C=C[C@@H]1C[C@]1(CC(=O)[C@@H]1CC2CN1C(=O)[C@H](C(C)(C)C)NC(=O)O[C@@H]1C[C@H]1CCCCCc1nc3ccc(C)cc3nc1O2)C(=O)NS(=O)(=O)C1CC1.C=C[C@@H]1C[C@]1(N)C(=O)NS(=O)(=O)C1CC1.Cc1ccc2nc3c(nc2c1)OC1C[C@@H](C(=O)O)N(C1)C(=O)C(C(C)(C)C)NC(=O)O[C@@H]1C[C@H]1CCCCC3. The van der Waals surface area contributed by atoms with E-state index in [0.717, 1.165) is 92.1 Å². The number of ether oxygens (including phenoxy) is 4. The van der Waals surface area contributed by atoms with Crippen LogP contribution in [0.5, 0.6) is 11.8 Å². The van der Waals surface area contributed by atoms with E-state index in [1.165, 1.54) is 9.80 Å². The van der Waals surface area contributed by atoms with E-state index in [-0.39, 0.29) is 62.8 Å². The zero-order chi connectivity index (χ0) is 77.0. The van der Waals surface area contributed by atoms with Crippen LogP contribution in [-0.4, -0.2) is 177 Å². The molecule has 0 spiro atoms. The molecule has 0 radical (unpaired) electrons. The maximum absolute atomic E-state index is 14.6. The molecule has 6 amide bonds. The Morgan fingerprint density at radius 3 is 1.44 bits per heavy atom. The van der Waals surface area contributed by atoms with Crippen molar-refractivity contribution >= 4 is 89.7 Å². The van der Waals surface area contributed by atoms with E-state index >= 15 is 0 Å². The smallest absolute Gasteiger partial charge is 0.408 e. The maximum atomic E-state index is 14.6. The predicted octanol–water partition coefficient (Wildman–Crippen LogP) is 8.21. The summed E-state index contributed by atoms with van der Waals surface area (Å²) in [6.07, 6.45) is 13.7. The van der Waals surface area contributed by atoms with Crippen LogP contribution in [0.3, 0.4) is 0 Å². The summed E-state index contributed by atoms with van der Waals surface area (Å²) in [6.45, 7) is 22.4. The Morgan fingerprint density at radius 2 is 1.03 bits per heavy atom. The van der Waals surface area contributed by atoms with Gasteiger partial charge in [0.2, 0.25) is 49.5 Å². The molecule has 6 aliphatic carbocycles. The lowest BCUT2D eigenvalue weighted by Crippen LogP contribution is -2.57. The fourth-order valence-electron chi connectivity index (χ4n) is 15.1. The lowest BCUT2D eigenvalue weighted by atomic mass is 9.85. The first-order valence-corrected chi connectivity index (χ1v) is 40.9. The molecule has 28 nitrogen and oxygen atoms in total. The van der Waals surface area contributed by atoms with Gasteiger partial charge in [0.15, 0.2) is 5.78 Å². The molecule has 3 unspecified atom stereocenters. The number of sulfonamides is 2. The lowest BCUT2D eigenvalue weighted by molar-refractivity contribution is -0.150. The Labute approximate surface area is 625 Å². The molecule has 8 fully saturated rings. The summed E-state index contributed by atoms with van der Waals surface area (Å²) in [5.41, 5.74) is 8.43. The monoisotopic (exact) mass is 1520 g/mol. The van der Waals surface area contributed by atoms with Gasteiger partial charge in [0.1, 0.15) is 59.5 Å². The number of hydrogen-bond acceptors (Lipinski definition) is 21. The number of carbonyl (C=O) groups is 8. The number of allylic oxidation sites excluding steroid dienone is 1. The molecule has 2 saturated heterocycles. The van der Waals surface area contributed by atoms with Gasteiger partial charge in [0.25, 0.3) is 5.91 Å². The van der Waals surface area contributed by atoms with Crippen LogP contribution in [0.4, 0.5) is 9.59 Å². The number of nitrogens with two attached hydrogens (primary N) is 1. The number of alkyl carbamates (subject to hydrolysis) is 2. The van der Waals surface area contributed by atoms with Gasteiger partial charge in [-0.1, -0.05) is 91.5 Å². The fraction of sp³-hybridized carbons (Fsp3) is 0.636. The number of Topliss-reactive ketones (excluding diaryl/α,β-unsaturated/α-hetero) is 1. The summed E-state index contributed by atoms with van der Waals surface area (Å²) in [5.74, 6) is -2.90. The Hall–Kier alpha value is -8.38. The van der Waals surface area contributed by atoms with E-state index in [1.807, 2.05) is 96.5 Å². The van der Waals surface area contributed by atoms with Gasteiger partial charge in [-0.25, -0.2) is 51.2 Å². The van der Waals surface area contributed by atoms with Crippen molar-refractivity contribution in [1.82, 2.24) is 49.8 Å². The number of carboxylic acid groups (broad SMARTS) is 1. The van der Waals surface area contributed by atoms with Gasteiger partial charge in [-0.05, 0) is 168 Å². The van der Waals surface area contributed by atoms with Crippen molar-refractivity contribution in [2.75, 3.05) is 13.1 Å². The molecule has 7 N–H and O–H groups in total. The molecule has 4 aromatic rings. The van der Waals surface area contributed by atoms with E-state index in [1.54, 1.807) is 12.2 Å². The highest BCUT2D eigenvalue weighted by molar-refractivity contribution is 7.91. The second-order valence-electron chi connectivity index (χ2n) is 33.5. The average Bonchev–Trinajstić information content (AvgIpc) is 1.58. The molecular formula is C77H103N11O17S2. The van der Waals surface area contributed by atoms with E-state index in [9.17, 15) is 60.3 Å². The molecular weight excluding hydrogens is 1420 g/mol. The van der Waals surface area contributed by atoms with Crippen LogP contribution in [0, 0.1) is 53.8 Å². The average molecular weight is 1520 g/mol. The topological polar surface area (TPSA) is 394 Å². The Kier molecular flexibility index (Phi) is 22.4. The van der Waals surface area contributed by atoms with E-state index in [0.29, 0.717) is 79.4 Å². The van der Waals surface area contributed by atoms with Crippen molar-refractivity contribution in [3.05, 3.63) is 84.2 Å². The second-order valence-corrected chi connectivity index (χ2v) is 37.4. The summed E-state index contributed by atoms with van der Waals surface area (Å²) in [6, 6.07) is 7.69. The van der Waals surface area contributed by atoms with Gasteiger partial charge < -0.3 is 50.2 Å². The number of benzene rings is 2. The zero-order valence-electron chi connectivity index (χ0n) is 62.4. The highest BCUT2D eigenvalue weighted by Gasteiger charge is 2.62. The molecule has 4 bridgehead atoms. The third-order valence-electron chi connectivity index (χ3n) is 22.5. The number of aliphatic carboxylic acids is 1. The second kappa shape index (κ2) is 30.6. The minimum atomic E-state index is -3.85. The summed E-state index contributed by atoms with van der Waals surface area (Å²) in [4.78, 5) is 128. The van der Waals surface area contributed by atoms with E-state index in [4.69, 9.17) is 44.6 Å². The quantitative estimate of drug-likeness (QED) is 0.0727. The summed E-state index contributed by atoms with van der Waals surface area (Å²) < 4.78 is 77.0. The summed E-state index contributed by atoms with van der Waals surface area (Å²) in [7, 11) is -7.33. The Morgan fingerprint density at radius 1 is 0.589 bits per heavy atom. The highest BCUT2D eigenvalue weighted by Crippen LogP contribution is 2.57. The number of ketones is 1. The van der Waals surface area contributed by atoms with Crippen molar-refractivity contribution in [3.63, 3.8) is 0 Å². The molecule has 14 rings (SSSR count). The van der Waals surface area contributed by atoms with Crippen molar-refractivity contribution in [3.8, 4) is 11.8 Å². The van der Waals surface area contributed by atoms with Crippen LogP contribution in [0.15, 0.2) is 61.7 Å². The summed E-state index contributed by atoms with van der Waals surface area (Å²) in [5, 5.41) is 14.6.